The number of carbonyl (C=O) groups is 1. The van der Waals surface area contributed by atoms with Gasteiger partial charge in [-0.3, -0.25) is 14.9 Å². The Labute approximate surface area is 102 Å². The molecule has 0 atom stereocenters. The first-order valence-electron chi connectivity index (χ1n) is 5.10. The van der Waals surface area contributed by atoms with E-state index in [1.54, 1.807) is 13.0 Å². The summed E-state index contributed by atoms with van der Waals surface area (Å²) >= 11 is 0. The molecule has 92 valence electrons. The van der Waals surface area contributed by atoms with Crippen LogP contribution in [0, 0.1) is 17.0 Å². The first-order chi connectivity index (χ1) is 8.49. The van der Waals surface area contributed by atoms with Crippen LogP contribution in [-0.2, 0) is 0 Å². The van der Waals surface area contributed by atoms with Crippen LogP contribution in [0.15, 0.2) is 30.3 Å². The van der Waals surface area contributed by atoms with Gasteiger partial charge >= 0.3 is 0 Å². The Morgan fingerprint density at radius 2 is 2.17 bits per heavy atom. The number of nitro benzene ring substituents is 1. The maximum Gasteiger partial charge on any atom is 0.280 e. The maximum absolute atomic E-state index is 12.1. The van der Waals surface area contributed by atoms with Crippen molar-refractivity contribution in [1.29, 1.82) is 0 Å². The summed E-state index contributed by atoms with van der Waals surface area (Å²) in [5.41, 5.74) is 6.24. The van der Waals surface area contributed by atoms with E-state index < -0.39 is 10.8 Å². The summed E-state index contributed by atoms with van der Waals surface area (Å²) in [6.07, 6.45) is 0. The van der Waals surface area contributed by atoms with Crippen LogP contribution in [0.5, 0.6) is 0 Å². The molecule has 0 amide bonds. The van der Waals surface area contributed by atoms with Gasteiger partial charge in [-0.05, 0) is 13.0 Å². The third-order valence-corrected chi connectivity index (χ3v) is 2.36. The van der Waals surface area contributed by atoms with Gasteiger partial charge in [-0.2, -0.15) is 9.78 Å². The van der Waals surface area contributed by atoms with Crippen LogP contribution < -0.4 is 5.73 Å². The summed E-state index contributed by atoms with van der Waals surface area (Å²) in [4.78, 5) is 22.1. The van der Waals surface area contributed by atoms with Crippen LogP contribution in [0.4, 0.5) is 11.5 Å². The predicted octanol–water partition coefficient (Wildman–Crippen LogP) is 1.37. The number of nitro groups is 1. The number of non-ortho nitro benzene ring substituents is 1. The van der Waals surface area contributed by atoms with E-state index in [0.29, 0.717) is 5.69 Å². The van der Waals surface area contributed by atoms with Gasteiger partial charge in [-0.25, -0.2) is 0 Å². The van der Waals surface area contributed by atoms with Crippen molar-refractivity contribution in [2.45, 2.75) is 6.92 Å². The molecule has 0 fully saturated rings. The fraction of sp³-hybridized carbons (Fsp3) is 0.0909. The number of hydrogen-bond donors (Lipinski definition) is 1. The normalized spacial score (nSPS) is 10.3. The van der Waals surface area contributed by atoms with Crippen molar-refractivity contribution in [3.05, 3.63) is 51.7 Å². The molecule has 7 heteroatoms. The monoisotopic (exact) mass is 246 g/mol. The van der Waals surface area contributed by atoms with Crippen LogP contribution >= 0.6 is 0 Å². The van der Waals surface area contributed by atoms with Gasteiger partial charge in [0.15, 0.2) is 0 Å². The topological polar surface area (TPSA) is 104 Å². The van der Waals surface area contributed by atoms with Crippen molar-refractivity contribution in [2.24, 2.45) is 0 Å². The number of anilines is 1. The summed E-state index contributed by atoms with van der Waals surface area (Å²) < 4.78 is 1.02. The number of hydrogen-bond acceptors (Lipinski definition) is 5. The fourth-order valence-electron chi connectivity index (χ4n) is 1.56. The Balaban J connectivity index is 2.43. The van der Waals surface area contributed by atoms with E-state index in [-0.39, 0.29) is 17.1 Å². The Morgan fingerprint density at radius 3 is 2.72 bits per heavy atom. The number of rotatable bonds is 2. The number of aromatic nitrogens is 2. The lowest BCUT2D eigenvalue weighted by Crippen LogP contribution is -2.16. The van der Waals surface area contributed by atoms with Crippen molar-refractivity contribution >= 4 is 17.4 Å². The third kappa shape index (κ3) is 2.05. The van der Waals surface area contributed by atoms with E-state index in [9.17, 15) is 14.9 Å². The lowest BCUT2D eigenvalue weighted by atomic mass is 10.2. The minimum atomic E-state index is -0.561. The molecule has 0 aliphatic rings. The summed E-state index contributed by atoms with van der Waals surface area (Å²) in [5, 5.41) is 14.6. The van der Waals surface area contributed by atoms with E-state index in [4.69, 9.17) is 5.73 Å². The minimum absolute atomic E-state index is 0.150. The molecular weight excluding hydrogens is 236 g/mol. The molecule has 0 aliphatic heterocycles. The smallest absolute Gasteiger partial charge is 0.280 e. The molecule has 2 aromatic rings. The van der Waals surface area contributed by atoms with Gasteiger partial charge in [-0.15, -0.1) is 0 Å². The van der Waals surface area contributed by atoms with Gasteiger partial charge in [0.25, 0.3) is 11.6 Å². The molecule has 18 heavy (non-hydrogen) atoms. The second-order valence-corrected chi connectivity index (χ2v) is 3.73. The number of benzene rings is 1. The Hall–Kier alpha value is -2.70. The zero-order valence-electron chi connectivity index (χ0n) is 9.53. The third-order valence-electron chi connectivity index (χ3n) is 2.36. The summed E-state index contributed by atoms with van der Waals surface area (Å²) in [6.45, 7) is 1.70. The molecule has 0 aliphatic carbocycles. The molecule has 1 heterocycles. The second kappa shape index (κ2) is 4.28. The minimum Gasteiger partial charge on any atom is -0.383 e. The first kappa shape index (κ1) is 11.8. The molecule has 0 spiro atoms. The number of nitrogens with zero attached hydrogens (tertiary/aromatic N) is 3. The molecule has 7 nitrogen and oxygen atoms in total. The van der Waals surface area contributed by atoms with Crippen molar-refractivity contribution in [3.63, 3.8) is 0 Å². The SMILES string of the molecule is Cc1cc(N)n(C(=O)c2cccc([N+](=O)[O-])c2)n1. The molecule has 0 saturated heterocycles. The van der Waals surface area contributed by atoms with Crippen LogP contribution in [-0.4, -0.2) is 20.6 Å². The van der Waals surface area contributed by atoms with Gasteiger partial charge in [0.1, 0.15) is 5.82 Å². The molecule has 0 radical (unpaired) electrons. The molecule has 0 saturated carbocycles. The van der Waals surface area contributed by atoms with Crippen molar-refractivity contribution in [2.75, 3.05) is 5.73 Å². The van der Waals surface area contributed by atoms with E-state index >= 15 is 0 Å². The van der Waals surface area contributed by atoms with Gasteiger partial charge in [0.2, 0.25) is 0 Å². The lowest BCUT2D eigenvalue weighted by Gasteiger charge is -2.02. The van der Waals surface area contributed by atoms with Gasteiger partial charge in [0, 0.05) is 23.8 Å². The molecule has 2 N–H and O–H groups in total. The zero-order chi connectivity index (χ0) is 13.3. The van der Waals surface area contributed by atoms with Crippen LogP contribution in [0.2, 0.25) is 0 Å². The second-order valence-electron chi connectivity index (χ2n) is 3.73. The summed E-state index contributed by atoms with van der Waals surface area (Å²) in [7, 11) is 0. The lowest BCUT2D eigenvalue weighted by molar-refractivity contribution is -0.384. The highest BCUT2D eigenvalue weighted by Gasteiger charge is 2.16. The van der Waals surface area contributed by atoms with Gasteiger partial charge in [-0.1, -0.05) is 6.07 Å². The highest BCUT2D eigenvalue weighted by atomic mass is 16.6. The number of nitrogens with two attached hydrogens (primary N) is 1. The summed E-state index contributed by atoms with van der Waals surface area (Å²) in [6, 6.07) is 6.98. The zero-order valence-corrected chi connectivity index (χ0v) is 9.53. The standard InChI is InChI=1S/C11H10N4O3/c1-7-5-10(12)14(13-7)11(16)8-3-2-4-9(6-8)15(17)18/h2-6H,12H2,1H3. The van der Waals surface area contributed by atoms with Crippen molar-refractivity contribution < 1.29 is 9.72 Å². The van der Waals surface area contributed by atoms with Gasteiger partial charge in [0.05, 0.1) is 10.6 Å². The van der Waals surface area contributed by atoms with Crippen LogP contribution in [0.3, 0.4) is 0 Å². The van der Waals surface area contributed by atoms with E-state index in [1.165, 1.54) is 24.3 Å². The number of aryl methyl sites for hydroxylation is 1. The highest BCUT2D eigenvalue weighted by molar-refractivity contribution is 5.97. The largest absolute Gasteiger partial charge is 0.383 e. The van der Waals surface area contributed by atoms with Crippen molar-refractivity contribution in [1.82, 2.24) is 9.78 Å². The van der Waals surface area contributed by atoms with E-state index in [2.05, 4.69) is 5.10 Å². The van der Waals surface area contributed by atoms with E-state index in [0.717, 1.165) is 4.68 Å². The fourth-order valence-corrected chi connectivity index (χ4v) is 1.56. The Kier molecular flexibility index (Phi) is 2.80. The molecular formula is C11H10N4O3. The number of nitrogen functional groups attached to an aromatic ring is 1. The Morgan fingerprint density at radius 1 is 1.44 bits per heavy atom. The van der Waals surface area contributed by atoms with Crippen LogP contribution in [0.25, 0.3) is 0 Å². The molecule has 1 aromatic carbocycles. The van der Waals surface area contributed by atoms with Gasteiger partial charge < -0.3 is 5.73 Å². The molecule has 0 unspecified atom stereocenters. The predicted molar refractivity (Wildman–Crippen MR) is 64.2 cm³/mol. The maximum atomic E-state index is 12.1. The molecule has 2 rings (SSSR count). The molecule has 1 aromatic heterocycles. The number of carbonyl (C=O) groups excluding carboxylic acids is 1. The Bertz CT molecular complexity index is 633. The summed E-state index contributed by atoms with van der Waals surface area (Å²) in [5.74, 6) is -0.298. The van der Waals surface area contributed by atoms with Crippen LogP contribution in [0.1, 0.15) is 16.1 Å². The highest BCUT2D eigenvalue weighted by Crippen LogP contribution is 2.15. The van der Waals surface area contributed by atoms with Crippen molar-refractivity contribution in [3.8, 4) is 0 Å². The van der Waals surface area contributed by atoms with E-state index in [1.807, 2.05) is 0 Å². The first-order valence-corrected chi connectivity index (χ1v) is 5.10. The quantitative estimate of drug-likeness (QED) is 0.636. The average Bonchev–Trinajstić information content (AvgIpc) is 2.67. The molecule has 0 bridgehead atoms. The average molecular weight is 246 g/mol.